The number of amides is 1. The Labute approximate surface area is 153 Å². The molecule has 1 amide bonds. The quantitative estimate of drug-likeness (QED) is 0.855. The van der Waals surface area contributed by atoms with Crippen molar-refractivity contribution in [1.29, 1.82) is 0 Å². The molecular formula is C20H24N4O2. The van der Waals surface area contributed by atoms with E-state index in [1.54, 1.807) is 13.1 Å². The maximum absolute atomic E-state index is 12.7. The zero-order chi connectivity index (χ0) is 18.5. The number of carbonyl (C=O) groups excluding carboxylic acids is 1. The Morgan fingerprint density at radius 2 is 1.85 bits per heavy atom. The highest BCUT2D eigenvalue weighted by atomic mass is 16.3. The Bertz CT molecular complexity index is 781. The standard InChI is InChI=1S/C20H24N4O2/c1-15(14-17-6-4-3-5-7-17)20(26)24-12-10-23(11-13-24)18-8-9-21-19(22-18)16(2)25/h3-9,14,16,25H,10-13H2,1-2H3/t16-/m1/s1. The lowest BCUT2D eigenvalue weighted by molar-refractivity contribution is -0.127. The number of anilines is 1. The Morgan fingerprint density at radius 3 is 2.50 bits per heavy atom. The van der Waals surface area contributed by atoms with E-state index >= 15 is 0 Å². The molecular weight excluding hydrogens is 328 g/mol. The molecule has 0 radical (unpaired) electrons. The van der Waals surface area contributed by atoms with Crippen LogP contribution in [0.3, 0.4) is 0 Å². The fourth-order valence-corrected chi connectivity index (χ4v) is 2.99. The van der Waals surface area contributed by atoms with Crippen molar-refractivity contribution in [1.82, 2.24) is 14.9 Å². The minimum Gasteiger partial charge on any atom is -0.385 e. The molecule has 1 N–H and O–H groups in total. The first kappa shape index (κ1) is 18.1. The third-order valence-electron chi connectivity index (χ3n) is 4.44. The van der Waals surface area contributed by atoms with Gasteiger partial charge in [-0.1, -0.05) is 30.3 Å². The van der Waals surface area contributed by atoms with Crippen molar-refractivity contribution in [3.8, 4) is 0 Å². The fourth-order valence-electron chi connectivity index (χ4n) is 2.99. The third kappa shape index (κ3) is 4.26. The molecule has 2 aromatic rings. The molecule has 0 unspecified atom stereocenters. The average molecular weight is 352 g/mol. The van der Waals surface area contributed by atoms with Crippen LogP contribution in [-0.4, -0.2) is 52.1 Å². The Balaban J connectivity index is 1.62. The first-order chi connectivity index (χ1) is 12.5. The van der Waals surface area contributed by atoms with Gasteiger partial charge in [-0.05, 0) is 31.6 Å². The highest BCUT2D eigenvalue weighted by molar-refractivity contribution is 5.97. The lowest BCUT2D eigenvalue weighted by Crippen LogP contribution is -2.49. The molecule has 6 heteroatoms. The molecule has 26 heavy (non-hydrogen) atoms. The summed E-state index contributed by atoms with van der Waals surface area (Å²) in [6.45, 7) is 6.22. The van der Waals surface area contributed by atoms with Crippen LogP contribution in [-0.2, 0) is 4.79 Å². The van der Waals surface area contributed by atoms with Gasteiger partial charge in [-0.2, -0.15) is 0 Å². The van der Waals surface area contributed by atoms with E-state index in [4.69, 9.17) is 0 Å². The molecule has 1 fully saturated rings. The van der Waals surface area contributed by atoms with E-state index in [2.05, 4.69) is 14.9 Å². The number of aliphatic hydroxyl groups is 1. The summed E-state index contributed by atoms with van der Waals surface area (Å²) in [7, 11) is 0. The first-order valence-corrected chi connectivity index (χ1v) is 8.83. The molecule has 1 saturated heterocycles. The predicted octanol–water partition coefficient (Wildman–Crippen LogP) is 2.28. The van der Waals surface area contributed by atoms with E-state index in [0.29, 0.717) is 32.0 Å². The van der Waals surface area contributed by atoms with Gasteiger partial charge < -0.3 is 14.9 Å². The SMILES string of the molecule is CC(=Cc1ccccc1)C(=O)N1CCN(c2ccnc([C@@H](C)O)n2)CC1. The van der Waals surface area contributed by atoms with Gasteiger partial charge in [-0.25, -0.2) is 9.97 Å². The van der Waals surface area contributed by atoms with Gasteiger partial charge in [0.05, 0.1) is 0 Å². The molecule has 0 aliphatic carbocycles. The molecule has 136 valence electrons. The molecule has 0 spiro atoms. The van der Waals surface area contributed by atoms with Crippen LogP contribution < -0.4 is 4.90 Å². The molecule has 6 nitrogen and oxygen atoms in total. The number of aliphatic hydroxyl groups excluding tert-OH is 1. The van der Waals surface area contributed by atoms with Gasteiger partial charge in [0.1, 0.15) is 11.9 Å². The van der Waals surface area contributed by atoms with Gasteiger partial charge in [0.15, 0.2) is 5.82 Å². The Morgan fingerprint density at radius 1 is 1.15 bits per heavy atom. The number of piperazine rings is 1. The summed E-state index contributed by atoms with van der Waals surface area (Å²) in [6, 6.07) is 11.7. The van der Waals surface area contributed by atoms with Gasteiger partial charge in [-0.3, -0.25) is 4.79 Å². The van der Waals surface area contributed by atoms with Crippen molar-refractivity contribution in [2.24, 2.45) is 0 Å². The van der Waals surface area contributed by atoms with Crippen LogP contribution in [0.4, 0.5) is 5.82 Å². The highest BCUT2D eigenvalue weighted by Gasteiger charge is 2.23. The number of hydrogen-bond donors (Lipinski definition) is 1. The average Bonchev–Trinajstić information content (AvgIpc) is 2.68. The molecule has 0 saturated carbocycles. The van der Waals surface area contributed by atoms with E-state index in [1.807, 2.05) is 54.3 Å². The van der Waals surface area contributed by atoms with Gasteiger partial charge in [0.25, 0.3) is 0 Å². The molecule has 1 aliphatic rings. The van der Waals surface area contributed by atoms with Crippen molar-refractivity contribution < 1.29 is 9.90 Å². The minimum atomic E-state index is -0.691. The number of carbonyl (C=O) groups is 1. The monoisotopic (exact) mass is 352 g/mol. The molecule has 1 aromatic heterocycles. The summed E-state index contributed by atoms with van der Waals surface area (Å²) in [5.41, 5.74) is 1.77. The lowest BCUT2D eigenvalue weighted by Gasteiger charge is -2.35. The molecule has 0 bridgehead atoms. The number of aromatic nitrogens is 2. The van der Waals surface area contributed by atoms with Crippen LogP contribution >= 0.6 is 0 Å². The van der Waals surface area contributed by atoms with Gasteiger partial charge >= 0.3 is 0 Å². The lowest BCUT2D eigenvalue weighted by atomic mass is 10.1. The molecule has 2 heterocycles. The minimum absolute atomic E-state index is 0.0702. The maximum atomic E-state index is 12.7. The second kappa shape index (κ2) is 8.10. The summed E-state index contributed by atoms with van der Waals surface area (Å²) < 4.78 is 0. The van der Waals surface area contributed by atoms with E-state index in [0.717, 1.165) is 17.0 Å². The summed E-state index contributed by atoms with van der Waals surface area (Å²) in [4.78, 5) is 25.2. The van der Waals surface area contributed by atoms with Crippen molar-refractivity contribution in [3.63, 3.8) is 0 Å². The summed E-state index contributed by atoms with van der Waals surface area (Å²) in [5, 5.41) is 9.64. The summed E-state index contributed by atoms with van der Waals surface area (Å²) >= 11 is 0. The van der Waals surface area contributed by atoms with Crippen molar-refractivity contribution in [2.75, 3.05) is 31.1 Å². The van der Waals surface area contributed by atoms with Gasteiger partial charge in [-0.15, -0.1) is 0 Å². The fraction of sp³-hybridized carbons (Fsp3) is 0.350. The zero-order valence-electron chi connectivity index (χ0n) is 15.2. The van der Waals surface area contributed by atoms with E-state index in [1.165, 1.54) is 0 Å². The number of benzene rings is 1. The van der Waals surface area contributed by atoms with E-state index in [-0.39, 0.29) is 5.91 Å². The largest absolute Gasteiger partial charge is 0.385 e. The maximum Gasteiger partial charge on any atom is 0.249 e. The number of rotatable bonds is 4. The second-order valence-electron chi connectivity index (χ2n) is 6.47. The predicted molar refractivity (Wildman–Crippen MR) is 102 cm³/mol. The van der Waals surface area contributed by atoms with Crippen molar-refractivity contribution in [2.45, 2.75) is 20.0 Å². The smallest absolute Gasteiger partial charge is 0.249 e. The Hall–Kier alpha value is -2.73. The second-order valence-corrected chi connectivity index (χ2v) is 6.47. The molecule has 3 rings (SSSR count). The zero-order valence-corrected chi connectivity index (χ0v) is 15.2. The van der Waals surface area contributed by atoms with Crippen molar-refractivity contribution >= 4 is 17.8 Å². The van der Waals surface area contributed by atoms with Crippen molar-refractivity contribution in [3.05, 3.63) is 59.6 Å². The first-order valence-electron chi connectivity index (χ1n) is 8.83. The molecule has 1 atom stereocenters. The van der Waals surface area contributed by atoms with Crippen LogP contribution in [0, 0.1) is 0 Å². The third-order valence-corrected chi connectivity index (χ3v) is 4.44. The normalized spacial score (nSPS) is 16.5. The summed E-state index contributed by atoms with van der Waals surface area (Å²) in [6.07, 6.45) is 2.89. The van der Waals surface area contributed by atoms with Gasteiger partial charge in [0, 0.05) is 37.9 Å². The highest BCUT2D eigenvalue weighted by Crippen LogP contribution is 2.17. The van der Waals surface area contributed by atoms with Crippen LogP contribution in [0.25, 0.3) is 6.08 Å². The summed E-state index contributed by atoms with van der Waals surface area (Å²) in [5.74, 6) is 1.28. The van der Waals surface area contributed by atoms with Crippen LogP contribution in [0.5, 0.6) is 0 Å². The molecule has 1 aromatic carbocycles. The van der Waals surface area contributed by atoms with E-state index in [9.17, 15) is 9.90 Å². The van der Waals surface area contributed by atoms with Crippen LogP contribution in [0.2, 0.25) is 0 Å². The number of nitrogens with zero attached hydrogens (tertiary/aromatic N) is 4. The van der Waals surface area contributed by atoms with E-state index < -0.39 is 6.10 Å². The Kier molecular flexibility index (Phi) is 5.63. The van der Waals surface area contributed by atoms with Crippen LogP contribution in [0.1, 0.15) is 31.3 Å². The van der Waals surface area contributed by atoms with Gasteiger partial charge in [0.2, 0.25) is 5.91 Å². The van der Waals surface area contributed by atoms with Crippen LogP contribution in [0.15, 0.2) is 48.2 Å². The molecule has 1 aliphatic heterocycles. The topological polar surface area (TPSA) is 69.6 Å². The number of hydrogen-bond acceptors (Lipinski definition) is 5.